The highest BCUT2D eigenvalue weighted by Gasteiger charge is 2.01. The van der Waals surface area contributed by atoms with Crippen LogP contribution in [0, 0.1) is 6.92 Å². The van der Waals surface area contributed by atoms with Crippen LogP contribution in [0.3, 0.4) is 0 Å². The Morgan fingerprint density at radius 2 is 2.06 bits per heavy atom. The number of aryl methyl sites for hydroxylation is 1. The molecular formula is C12H17ClO3. The second kappa shape index (κ2) is 7.49. The smallest absolute Gasteiger partial charge is 0.122 e. The zero-order valence-corrected chi connectivity index (χ0v) is 10.1. The zero-order chi connectivity index (χ0) is 11.8. The summed E-state index contributed by atoms with van der Waals surface area (Å²) in [6, 6.07) is 7.81. The maximum absolute atomic E-state index is 9.12. The van der Waals surface area contributed by atoms with Crippen LogP contribution in [-0.2, 0) is 4.74 Å². The Bertz CT molecular complexity index is 304. The monoisotopic (exact) mass is 244 g/mol. The Labute approximate surface area is 101 Å². The molecule has 4 heteroatoms. The number of alkyl halides is 1. The summed E-state index contributed by atoms with van der Waals surface area (Å²) in [5.41, 5.74) is 1.10. The fourth-order valence-corrected chi connectivity index (χ4v) is 1.28. The molecule has 0 bridgehead atoms. The number of rotatable bonds is 7. The van der Waals surface area contributed by atoms with E-state index in [4.69, 9.17) is 26.2 Å². The molecule has 0 radical (unpaired) electrons. The van der Waals surface area contributed by atoms with Gasteiger partial charge in [-0.3, -0.25) is 0 Å². The number of hydrogen-bond acceptors (Lipinski definition) is 3. The number of ether oxygens (including phenoxy) is 2. The Hall–Kier alpha value is -0.770. The number of aliphatic hydroxyl groups is 1. The summed E-state index contributed by atoms with van der Waals surface area (Å²) in [7, 11) is 0. The van der Waals surface area contributed by atoms with Crippen LogP contribution in [0.25, 0.3) is 0 Å². The van der Waals surface area contributed by atoms with Gasteiger partial charge in [-0.15, -0.1) is 11.6 Å². The average molecular weight is 245 g/mol. The Kier molecular flexibility index (Phi) is 6.23. The van der Waals surface area contributed by atoms with E-state index in [-0.39, 0.29) is 12.5 Å². The molecule has 1 rings (SSSR count). The lowest BCUT2D eigenvalue weighted by molar-refractivity contribution is 0.0342. The van der Waals surface area contributed by atoms with Crippen LogP contribution in [0.15, 0.2) is 24.3 Å². The third-order valence-corrected chi connectivity index (χ3v) is 2.42. The van der Waals surface area contributed by atoms with Crippen molar-refractivity contribution < 1.29 is 14.6 Å². The third kappa shape index (κ3) is 4.84. The fourth-order valence-electron chi connectivity index (χ4n) is 1.19. The van der Waals surface area contributed by atoms with E-state index in [0.717, 1.165) is 11.3 Å². The summed E-state index contributed by atoms with van der Waals surface area (Å²) in [5.74, 6) is 1.06. The highest BCUT2D eigenvalue weighted by Crippen LogP contribution is 2.15. The van der Waals surface area contributed by atoms with Crippen LogP contribution in [-0.4, -0.2) is 36.9 Å². The molecule has 3 nitrogen and oxygen atoms in total. The van der Waals surface area contributed by atoms with Crippen LogP contribution in [0.4, 0.5) is 0 Å². The van der Waals surface area contributed by atoms with Gasteiger partial charge < -0.3 is 14.6 Å². The first-order valence-corrected chi connectivity index (χ1v) is 5.77. The van der Waals surface area contributed by atoms with Gasteiger partial charge in [0, 0.05) is 0 Å². The van der Waals surface area contributed by atoms with Crippen LogP contribution < -0.4 is 4.74 Å². The molecule has 0 aliphatic carbocycles. The number of halogens is 1. The molecule has 1 atom stereocenters. The summed E-state index contributed by atoms with van der Waals surface area (Å²) in [6.07, 6.45) is -0.597. The summed E-state index contributed by atoms with van der Waals surface area (Å²) in [6.45, 7) is 3.16. The minimum absolute atomic E-state index is 0.193. The number of hydrogen-bond donors (Lipinski definition) is 1. The van der Waals surface area contributed by atoms with Crippen molar-refractivity contribution in [3.63, 3.8) is 0 Å². The van der Waals surface area contributed by atoms with E-state index < -0.39 is 6.10 Å². The lowest BCUT2D eigenvalue weighted by atomic mass is 10.2. The highest BCUT2D eigenvalue weighted by molar-refractivity contribution is 6.18. The maximum atomic E-state index is 9.12. The second-order valence-electron chi connectivity index (χ2n) is 3.50. The lowest BCUT2D eigenvalue weighted by Gasteiger charge is -2.10. The van der Waals surface area contributed by atoms with Crippen LogP contribution in [0.2, 0.25) is 0 Å². The summed E-state index contributed by atoms with van der Waals surface area (Å²) < 4.78 is 10.7. The first-order valence-electron chi connectivity index (χ1n) is 5.24. The second-order valence-corrected chi connectivity index (χ2v) is 3.81. The zero-order valence-electron chi connectivity index (χ0n) is 9.36. The predicted octanol–water partition coefficient (Wildman–Crippen LogP) is 1.99. The molecule has 16 heavy (non-hydrogen) atoms. The third-order valence-electron chi connectivity index (χ3n) is 2.07. The van der Waals surface area contributed by atoms with Crippen molar-refractivity contribution in [1.29, 1.82) is 0 Å². The van der Waals surface area contributed by atoms with Crippen molar-refractivity contribution >= 4 is 11.6 Å². The standard InChI is InChI=1S/C12H17ClO3/c1-10-4-2-3-5-12(10)16-7-6-15-9-11(14)8-13/h2-5,11,14H,6-9H2,1H3. The normalized spacial score (nSPS) is 12.4. The topological polar surface area (TPSA) is 38.7 Å². The van der Waals surface area contributed by atoms with Crippen molar-refractivity contribution in [1.82, 2.24) is 0 Å². The molecular weight excluding hydrogens is 228 g/mol. The molecule has 0 saturated carbocycles. The highest BCUT2D eigenvalue weighted by atomic mass is 35.5. The Morgan fingerprint density at radius 3 is 2.75 bits per heavy atom. The molecule has 1 aromatic rings. The molecule has 0 saturated heterocycles. The van der Waals surface area contributed by atoms with Crippen molar-refractivity contribution in [2.45, 2.75) is 13.0 Å². The molecule has 1 unspecified atom stereocenters. The van der Waals surface area contributed by atoms with Crippen LogP contribution in [0.1, 0.15) is 5.56 Å². The number of aliphatic hydroxyl groups excluding tert-OH is 1. The van der Waals surface area contributed by atoms with E-state index in [1.165, 1.54) is 0 Å². The first kappa shape index (κ1) is 13.3. The van der Waals surface area contributed by atoms with Gasteiger partial charge in [-0.2, -0.15) is 0 Å². The largest absolute Gasteiger partial charge is 0.491 e. The minimum atomic E-state index is -0.597. The van der Waals surface area contributed by atoms with Crippen molar-refractivity contribution in [2.24, 2.45) is 0 Å². The van der Waals surface area contributed by atoms with Gasteiger partial charge in [0.05, 0.1) is 25.2 Å². The SMILES string of the molecule is Cc1ccccc1OCCOCC(O)CCl. The quantitative estimate of drug-likeness (QED) is 0.589. The summed E-state index contributed by atoms with van der Waals surface area (Å²) >= 11 is 5.42. The van der Waals surface area contributed by atoms with Gasteiger partial charge in [0.15, 0.2) is 0 Å². The molecule has 0 fully saturated rings. The molecule has 0 aliphatic rings. The maximum Gasteiger partial charge on any atom is 0.122 e. The molecule has 0 aromatic heterocycles. The van der Waals surface area contributed by atoms with E-state index in [0.29, 0.717) is 13.2 Å². The van der Waals surface area contributed by atoms with Gasteiger partial charge >= 0.3 is 0 Å². The number of para-hydroxylation sites is 1. The van der Waals surface area contributed by atoms with Crippen LogP contribution >= 0.6 is 11.6 Å². The van der Waals surface area contributed by atoms with E-state index in [1.54, 1.807) is 0 Å². The van der Waals surface area contributed by atoms with E-state index in [1.807, 2.05) is 31.2 Å². The van der Waals surface area contributed by atoms with Gasteiger partial charge in [-0.1, -0.05) is 18.2 Å². The summed E-state index contributed by atoms with van der Waals surface area (Å²) in [4.78, 5) is 0. The van der Waals surface area contributed by atoms with Crippen molar-refractivity contribution in [3.8, 4) is 5.75 Å². The summed E-state index contributed by atoms with van der Waals surface area (Å²) in [5, 5.41) is 9.12. The Morgan fingerprint density at radius 1 is 1.31 bits per heavy atom. The van der Waals surface area contributed by atoms with Crippen molar-refractivity contribution in [3.05, 3.63) is 29.8 Å². The molecule has 0 spiro atoms. The van der Waals surface area contributed by atoms with E-state index in [2.05, 4.69) is 0 Å². The molecule has 0 aliphatic heterocycles. The average Bonchev–Trinajstić information content (AvgIpc) is 2.30. The molecule has 90 valence electrons. The van der Waals surface area contributed by atoms with Gasteiger partial charge in [0.2, 0.25) is 0 Å². The van der Waals surface area contributed by atoms with Crippen molar-refractivity contribution in [2.75, 3.05) is 25.7 Å². The Balaban J connectivity index is 2.14. The van der Waals surface area contributed by atoms with E-state index in [9.17, 15) is 0 Å². The minimum Gasteiger partial charge on any atom is -0.491 e. The van der Waals surface area contributed by atoms with Gasteiger partial charge in [-0.05, 0) is 18.6 Å². The number of benzene rings is 1. The van der Waals surface area contributed by atoms with Crippen LogP contribution in [0.5, 0.6) is 5.75 Å². The van der Waals surface area contributed by atoms with E-state index >= 15 is 0 Å². The first-order chi connectivity index (χ1) is 7.74. The molecule has 0 heterocycles. The fraction of sp³-hybridized carbons (Fsp3) is 0.500. The van der Waals surface area contributed by atoms with Gasteiger partial charge in [0.1, 0.15) is 12.4 Å². The van der Waals surface area contributed by atoms with Gasteiger partial charge in [0.25, 0.3) is 0 Å². The lowest BCUT2D eigenvalue weighted by Crippen LogP contribution is -2.19. The molecule has 1 N–H and O–H groups in total. The van der Waals surface area contributed by atoms with Gasteiger partial charge in [-0.25, -0.2) is 0 Å². The molecule has 1 aromatic carbocycles. The molecule has 0 amide bonds. The predicted molar refractivity (Wildman–Crippen MR) is 64.2 cm³/mol.